The molecule has 3 saturated carbocycles. The van der Waals surface area contributed by atoms with Crippen LogP contribution in [-0.4, -0.2) is 55.2 Å². The smallest absolute Gasteiger partial charge is 0.192 e. The summed E-state index contributed by atoms with van der Waals surface area (Å²) in [5.74, 6) is 2.44. The number of fused-ring (bicyclic) bond motifs is 6. The van der Waals surface area contributed by atoms with Crippen LogP contribution in [0.3, 0.4) is 0 Å². The number of aliphatic hydroxyl groups excluding tert-OH is 2. The third-order valence-corrected chi connectivity index (χ3v) is 17.2. The number of allylic oxidation sites excluding steroid dienone is 1. The van der Waals surface area contributed by atoms with Gasteiger partial charge in [0.15, 0.2) is 8.32 Å². The van der Waals surface area contributed by atoms with E-state index >= 15 is 0 Å². The lowest BCUT2D eigenvalue weighted by Crippen LogP contribution is -2.43. The van der Waals surface area contributed by atoms with Crippen LogP contribution in [-0.2, 0) is 19.5 Å². The largest absolute Gasteiger partial charge is 0.414 e. The zero-order chi connectivity index (χ0) is 30.1. The van der Waals surface area contributed by atoms with Crippen LogP contribution in [0.4, 0.5) is 0 Å². The molecule has 6 heteroatoms. The second-order valence-corrected chi connectivity index (χ2v) is 20.6. The maximum absolute atomic E-state index is 10.4. The Labute approximate surface area is 255 Å². The minimum Gasteiger partial charge on any atom is -0.414 e. The second-order valence-electron chi connectivity index (χ2n) is 15.8. The summed E-state index contributed by atoms with van der Waals surface area (Å²) >= 11 is 0. The fourth-order valence-electron chi connectivity index (χ4n) is 9.53. The Morgan fingerprint density at radius 1 is 1.12 bits per heavy atom. The van der Waals surface area contributed by atoms with Gasteiger partial charge in [-0.1, -0.05) is 64.1 Å². The summed E-state index contributed by atoms with van der Waals surface area (Å²) < 4.78 is 20.8. The number of hydrogen-bond donors (Lipinski definition) is 2. The van der Waals surface area contributed by atoms with E-state index in [1.54, 1.807) is 0 Å². The summed E-state index contributed by atoms with van der Waals surface area (Å²) in [6.45, 7) is 16.3. The van der Waals surface area contributed by atoms with Crippen molar-refractivity contribution in [1.82, 2.24) is 0 Å². The van der Waals surface area contributed by atoms with Gasteiger partial charge in [0.1, 0.15) is 11.2 Å². The number of ether oxygens (including phenoxy) is 2. The maximum Gasteiger partial charge on any atom is 0.192 e. The Bertz CT molecular complexity index is 1150. The highest BCUT2D eigenvalue weighted by Gasteiger charge is 2.82. The van der Waals surface area contributed by atoms with Gasteiger partial charge in [-0.2, -0.15) is 0 Å². The zero-order valence-electron chi connectivity index (χ0n) is 27.1. The predicted octanol–water partition coefficient (Wildman–Crippen LogP) is 7.37. The van der Waals surface area contributed by atoms with E-state index in [1.165, 1.54) is 11.1 Å². The second kappa shape index (κ2) is 11.1. The molecule has 0 radical (unpaired) electrons. The van der Waals surface area contributed by atoms with Crippen LogP contribution in [0.1, 0.15) is 91.5 Å². The van der Waals surface area contributed by atoms with E-state index in [1.807, 2.05) is 6.92 Å². The van der Waals surface area contributed by atoms with Gasteiger partial charge >= 0.3 is 0 Å². The van der Waals surface area contributed by atoms with Crippen molar-refractivity contribution >= 4 is 8.32 Å². The predicted molar refractivity (Wildman–Crippen MR) is 170 cm³/mol. The fraction of sp³-hybridized carbons (Fsp3) is 0.778. The van der Waals surface area contributed by atoms with Crippen LogP contribution >= 0.6 is 0 Å². The van der Waals surface area contributed by atoms with Gasteiger partial charge in [-0.15, -0.1) is 0 Å². The highest BCUT2D eigenvalue weighted by Crippen LogP contribution is 2.76. The van der Waals surface area contributed by atoms with Crippen molar-refractivity contribution in [3.05, 3.63) is 47.5 Å². The SMILES string of the molecule is CC[C@H](O)CCC/C=C(\C)[C@]1(c2ccccc2)O[C@]12C[C@H]1[C@@H]3C[C@H](O[Si](C)(C)C(C)(C)C)C[C@H]3[C@@H]3O[C@@H]3[C@H]1[C@@H]2CCO. The quantitative estimate of drug-likeness (QED) is 0.121. The van der Waals surface area contributed by atoms with Crippen LogP contribution in [0.2, 0.25) is 18.1 Å². The van der Waals surface area contributed by atoms with Crippen molar-refractivity contribution in [3.8, 4) is 0 Å². The topological polar surface area (TPSA) is 74.8 Å². The minimum absolute atomic E-state index is 0.185. The van der Waals surface area contributed by atoms with E-state index < -0.39 is 13.9 Å². The van der Waals surface area contributed by atoms with E-state index in [0.717, 1.165) is 51.4 Å². The zero-order valence-corrected chi connectivity index (χ0v) is 28.1. The molecule has 6 rings (SSSR count). The fourth-order valence-corrected chi connectivity index (χ4v) is 10.9. The van der Waals surface area contributed by atoms with Gasteiger partial charge in [-0.25, -0.2) is 0 Å². The number of benzene rings is 1. The molecule has 11 atom stereocenters. The summed E-state index contributed by atoms with van der Waals surface area (Å²) in [6.07, 6.45) is 10.8. The average molecular weight is 597 g/mol. The van der Waals surface area contributed by atoms with Gasteiger partial charge in [0, 0.05) is 12.7 Å². The molecule has 1 aromatic rings. The number of epoxide rings is 2. The molecule has 5 nitrogen and oxygen atoms in total. The number of unbranched alkanes of at least 4 members (excludes halogenated alkanes) is 1. The molecule has 2 saturated heterocycles. The van der Waals surface area contributed by atoms with E-state index in [-0.39, 0.29) is 29.3 Å². The maximum atomic E-state index is 10.4. The molecule has 2 aliphatic heterocycles. The molecule has 1 aromatic carbocycles. The molecule has 2 heterocycles. The molecular formula is C36H56O5Si. The van der Waals surface area contributed by atoms with Crippen LogP contribution < -0.4 is 0 Å². The highest BCUT2D eigenvalue weighted by atomic mass is 28.4. The Balaban J connectivity index is 1.30. The lowest BCUT2D eigenvalue weighted by molar-refractivity contribution is 0.118. The molecule has 5 aliphatic rings. The van der Waals surface area contributed by atoms with Gasteiger partial charge in [0.05, 0.1) is 18.3 Å². The molecule has 0 amide bonds. The minimum atomic E-state index is -1.85. The lowest BCUT2D eigenvalue weighted by Gasteiger charge is -2.38. The van der Waals surface area contributed by atoms with Gasteiger partial charge < -0.3 is 24.1 Å². The first-order chi connectivity index (χ1) is 19.9. The third kappa shape index (κ3) is 4.91. The Hall–Kier alpha value is -1.02. The standard InChI is InChI=1S/C36H56O5Si/c1-8-25(38)17-13-12-14-23(2)36(24-15-10-9-11-16-24)35(41-36)22-29-27-20-26(40-42(6,7)34(3,4)5)21-28(27)32-33(39-32)31(29)30(35)18-19-37/h9-11,14-16,25-33,37-38H,8,12-13,17-22H2,1-7H3/b23-14+/t25-,26-,27+,28+,29-,30-,31+,32-,33+,35-,36+/m0/s1. The van der Waals surface area contributed by atoms with Crippen LogP contribution in [0.15, 0.2) is 42.0 Å². The monoisotopic (exact) mass is 596 g/mol. The number of rotatable bonds is 11. The lowest BCUT2D eigenvalue weighted by atomic mass is 9.67. The molecule has 0 bridgehead atoms. The molecular weight excluding hydrogens is 540 g/mol. The molecule has 2 N–H and O–H groups in total. The van der Waals surface area contributed by atoms with E-state index in [0.29, 0.717) is 42.0 Å². The summed E-state index contributed by atoms with van der Waals surface area (Å²) in [5, 5.41) is 20.7. The van der Waals surface area contributed by atoms with Crippen LogP contribution in [0.25, 0.3) is 0 Å². The first-order valence-corrected chi connectivity index (χ1v) is 19.9. The van der Waals surface area contributed by atoms with Crippen molar-refractivity contribution in [2.75, 3.05) is 6.61 Å². The summed E-state index contributed by atoms with van der Waals surface area (Å²) in [5.41, 5.74) is 1.77. The van der Waals surface area contributed by atoms with Gasteiger partial charge in [-0.05, 0) is 117 Å². The molecule has 0 unspecified atom stereocenters. The van der Waals surface area contributed by atoms with Crippen LogP contribution in [0.5, 0.6) is 0 Å². The van der Waals surface area contributed by atoms with Crippen molar-refractivity contribution in [2.24, 2.45) is 29.6 Å². The molecule has 42 heavy (non-hydrogen) atoms. The molecule has 3 aliphatic carbocycles. The number of aliphatic hydroxyl groups is 2. The third-order valence-electron chi connectivity index (χ3n) is 12.6. The summed E-state index contributed by atoms with van der Waals surface area (Å²) in [6, 6.07) is 10.8. The number of hydrogen-bond acceptors (Lipinski definition) is 5. The van der Waals surface area contributed by atoms with Crippen LogP contribution in [0, 0.1) is 29.6 Å². The van der Waals surface area contributed by atoms with E-state index in [2.05, 4.69) is 77.2 Å². The highest BCUT2D eigenvalue weighted by molar-refractivity contribution is 6.74. The molecule has 5 fully saturated rings. The Morgan fingerprint density at radius 3 is 2.50 bits per heavy atom. The van der Waals surface area contributed by atoms with Crippen molar-refractivity contribution < 1.29 is 24.1 Å². The summed E-state index contributed by atoms with van der Waals surface area (Å²) in [7, 11) is -1.85. The molecule has 0 aromatic heterocycles. The first kappa shape index (κ1) is 31.0. The average Bonchev–Trinajstić information content (AvgIpc) is 3.79. The Morgan fingerprint density at radius 2 is 1.83 bits per heavy atom. The van der Waals surface area contributed by atoms with E-state index in [9.17, 15) is 10.2 Å². The molecule has 1 spiro atoms. The Kier molecular flexibility index (Phi) is 8.19. The molecule has 234 valence electrons. The van der Waals surface area contributed by atoms with E-state index in [4.69, 9.17) is 13.9 Å². The van der Waals surface area contributed by atoms with Crippen molar-refractivity contribution in [2.45, 2.75) is 140 Å². The van der Waals surface area contributed by atoms with Gasteiger partial charge in [0.25, 0.3) is 0 Å². The van der Waals surface area contributed by atoms with Gasteiger partial charge in [-0.3, -0.25) is 0 Å². The van der Waals surface area contributed by atoms with Crippen molar-refractivity contribution in [1.29, 1.82) is 0 Å². The van der Waals surface area contributed by atoms with Crippen molar-refractivity contribution in [3.63, 3.8) is 0 Å². The first-order valence-electron chi connectivity index (χ1n) is 17.0. The van der Waals surface area contributed by atoms with Gasteiger partial charge in [0.2, 0.25) is 0 Å². The normalized spacial score (nSPS) is 41.4. The summed E-state index contributed by atoms with van der Waals surface area (Å²) in [4.78, 5) is 0.